The van der Waals surface area contributed by atoms with Crippen LogP contribution in [0.2, 0.25) is 0 Å². The van der Waals surface area contributed by atoms with Crippen LogP contribution in [0.25, 0.3) is 0 Å². The predicted molar refractivity (Wildman–Crippen MR) is 94.3 cm³/mol. The quantitative estimate of drug-likeness (QED) is 0.680. The summed E-state index contributed by atoms with van der Waals surface area (Å²) in [5.74, 6) is 0.258. The largest absolute Gasteiger partial charge is 0.374 e. The summed E-state index contributed by atoms with van der Waals surface area (Å²) in [7, 11) is -3.15. The van der Waals surface area contributed by atoms with Gasteiger partial charge in [0.1, 0.15) is 0 Å². The van der Waals surface area contributed by atoms with Gasteiger partial charge in [-0.1, -0.05) is 6.42 Å². The van der Waals surface area contributed by atoms with Gasteiger partial charge in [0.15, 0.2) is 0 Å². The van der Waals surface area contributed by atoms with Gasteiger partial charge in [-0.05, 0) is 46.5 Å². The highest BCUT2D eigenvalue weighted by atomic mass is 32.2. The zero-order valence-electron chi connectivity index (χ0n) is 15.3. The number of amides is 1. The van der Waals surface area contributed by atoms with Gasteiger partial charge in [0, 0.05) is 26.1 Å². The molecule has 6 nitrogen and oxygen atoms in total. The van der Waals surface area contributed by atoms with Gasteiger partial charge in [-0.3, -0.25) is 4.79 Å². The highest BCUT2D eigenvalue weighted by Gasteiger charge is 2.36. The normalized spacial score (nSPS) is 25.6. The molecule has 2 saturated heterocycles. The zero-order chi connectivity index (χ0) is 17.8. The number of carbonyl (C=O) groups is 1. The Hall–Kier alpha value is -0.660. The Labute approximate surface area is 146 Å². The molecule has 1 unspecified atom stereocenters. The number of rotatable bonds is 6. The van der Waals surface area contributed by atoms with Crippen molar-refractivity contribution in [2.24, 2.45) is 0 Å². The van der Waals surface area contributed by atoms with Crippen molar-refractivity contribution in [2.75, 3.05) is 32.0 Å². The standard InChI is InChI=1S/C17H32N2O4S/c1-15-13-19(17(2,3)14-23-15)16(20)9-5-8-12-24(21,22)18-10-6-4-7-11-18/h15H,4-14H2,1-3H3. The van der Waals surface area contributed by atoms with Crippen LogP contribution >= 0.6 is 0 Å². The van der Waals surface area contributed by atoms with Gasteiger partial charge in [-0.2, -0.15) is 0 Å². The molecule has 2 aliphatic rings. The number of sulfonamides is 1. The lowest BCUT2D eigenvalue weighted by molar-refractivity contribution is -0.152. The number of carbonyl (C=O) groups excluding carboxylic acids is 1. The number of piperidine rings is 1. The van der Waals surface area contributed by atoms with Crippen LogP contribution in [-0.4, -0.2) is 67.2 Å². The van der Waals surface area contributed by atoms with Gasteiger partial charge in [0.05, 0.1) is 24.0 Å². The lowest BCUT2D eigenvalue weighted by Crippen LogP contribution is -2.57. The molecule has 1 atom stereocenters. The molecule has 2 fully saturated rings. The molecule has 2 aliphatic heterocycles. The molecule has 7 heteroatoms. The van der Waals surface area contributed by atoms with E-state index in [0.29, 0.717) is 45.5 Å². The topological polar surface area (TPSA) is 66.9 Å². The van der Waals surface area contributed by atoms with Crippen molar-refractivity contribution < 1.29 is 17.9 Å². The van der Waals surface area contributed by atoms with Gasteiger partial charge in [0.2, 0.25) is 15.9 Å². The number of nitrogens with zero attached hydrogens (tertiary/aromatic N) is 2. The fourth-order valence-electron chi connectivity index (χ4n) is 3.39. The second-order valence-electron chi connectivity index (χ2n) is 7.67. The van der Waals surface area contributed by atoms with Crippen molar-refractivity contribution in [3.63, 3.8) is 0 Å². The minimum Gasteiger partial charge on any atom is -0.374 e. The summed E-state index contributed by atoms with van der Waals surface area (Å²) in [5, 5.41) is 0. The van der Waals surface area contributed by atoms with Crippen molar-refractivity contribution in [3.8, 4) is 0 Å². The van der Waals surface area contributed by atoms with E-state index in [1.54, 1.807) is 4.31 Å². The van der Waals surface area contributed by atoms with Crippen LogP contribution in [0.1, 0.15) is 59.3 Å². The van der Waals surface area contributed by atoms with Gasteiger partial charge in [-0.15, -0.1) is 0 Å². The van der Waals surface area contributed by atoms with Crippen molar-refractivity contribution >= 4 is 15.9 Å². The Morgan fingerprint density at radius 1 is 1.17 bits per heavy atom. The highest BCUT2D eigenvalue weighted by molar-refractivity contribution is 7.89. The number of hydrogen-bond donors (Lipinski definition) is 0. The lowest BCUT2D eigenvalue weighted by atomic mass is 10.00. The Bertz CT molecular complexity index is 527. The van der Waals surface area contributed by atoms with Crippen LogP contribution in [0.4, 0.5) is 0 Å². The minimum atomic E-state index is -3.15. The third kappa shape index (κ3) is 5.17. The summed E-state index contributed by atoms with van der Waals surface area (Å²) < 4.78 is 31.8. The Morgan fingerprint density at radius 2 is 1.83 bits per heavy atom. The summed E-state index contributed by atoms with van der Waals surface area (Å²) >= 11 is 0. The van der Waals surface area contributed by atoms with Crippen LogP contribution in [-0.2, 0) is 19.6 Å². The molecule has 0 saturated carbocycles. The van der Waals surface area contributed by atoms with Crippen LogP contribution < -0.4 is 0 Å². The number of hydrogen-bond acceptors (Lipinski definition) is 4. The molecule has 0 aromatic rings. The van der Waals surface area contributed by atoms with Gasteiger partial charge in [-0.25, -0.2) is 12.7 Å². The molecule has 24 heavy (non-hydrogen) atoms. The molecule has 2 heterocycles. The predicted octanol–water partition coefficient (Wildman–Crippen LogP) is 2.00. The summed E-state index contributed by atoms with van der Waals surface area (Å²) in [6.07, 6.45) is 4.67. The van der Waals surface area contributed by atoms with Crippen LogP contribution in [0, 0.1) is 0 Å². The van der Waals surface area contributed by atoms with Crippen molar-refractivity contribution in [1.29, 1.82) is 0 Å². The molecule has 2 rings (SSSR count). The number of unbranched alkanes of at least 4 members (excludes halogenated alkanes) is 1. The molecule has 1 amide bonds. The summed E-state index contributed by atoms with van der Waals surface area (Å²) in [6.45, 7) is 8.46. The molecule has 0 aromatic carbocycles. The molecule has 0 aromatic heterocycles. The monoisotopic (exact) mass is 360 g/mol. The number of morpholine rings is 1. The second-order valence-corrected chi connectivity index (χ2v) is 9.76. The maximum atomic E-state index is 12.5. The minimum absolute atomic E-state index is 0.0569. The van der Waals surface area contributed by atoms with E-state index in [1.807, 2.05) is 25.7 Å². The maximum Gasteiger partial charge on any atom is 0.223 e. The first-order valence-corrected chi connectivity index (χ1v) is 10.7. The van der Waals surface area contributed by atoms with Crippen molar-refractivity contribution in [3.05, 3.63) is 0 Å². The molecule has 0 aliphatic carbocycles. The van der Waals surface area contributed by atoms with E-state index in [0.717, 1.165) is 19.3 Å². The van der Waals surface area contributed by atoms with Crippen LogP contribution in [0.3, 0.4) is 0 Å². The van der Waals surface area contributed by atoms with E-state index in [1.165, 1.54) is 0 Å². The van der Waals surface area contributed by atoms with E-state index in [2.05, 4.69) is 0 Å². The summed E-state index contributed by atoms with van der Waals surface area (Å²) in [4.78, 5) is 14.4. The molecule has 0 N–H and O–H groups in total. The van der Waals surface area contributed by atoms with E-state index in [-0.39, 0.29) is 23.3 Å². The summed E-state index contributed by atoms with van der Waals surface area (Å²) in [5.41, 5.74) is -0.288. The third-order valence-corrected chi connectivity index (χ3v) is 6.90. The van der Waals surface area contributed by atoms with Gasteiger partial charge < -0.3 is 9.64 Å². The van der Waals surface area contributed by atoms with E-state index in [4.69, 9.17) is 4.74 Å². The fourth-order valence-corrected chi connectivity index (χ4v) is 5.03. The van der Waals surface area contributed by atoms with Gasteiger partial charge in [0.25, 0.3) is 0 Å². The van der Waals surface area contributed by atoms with Crippen molar-refractivity contribution in [2.45, 2.75) is 70.9 Å². The molecular weight excluding hydrogens is 328 g/mol. The van der Waals surface area contributed by atoms with Crippen molar-refractivity contribution in [1.82, 2.24) is 9.21 Å². The third-order valence-electron chi connectivity index (χ3n) is 4.94. The SMILES string of the molecule is CC1CN(C(=O)CCCCS(=O)(=O)N2CCCCC2)C(C)(C)CO1. The second kappa shape index (κ2) is 8.15. The van der Waals surface area contributed by atoms with E-state index >= 15 is 0 Å². The maximum absolute atomic E-state index is 12.5. The van der Waals surface area contributed by atoms with E-state index in [9.17, 15) is 13.2 Å². The first kappa shape index (κ1) is 19.7. The highest BCUT2D eigenvalue weighted by Crippen LogP contribution is 2.23. The lowest BCUT2D eigenvalue weighted by Gasteiger charge is -2.44. The molecular formula is C17H32N2O4S. The smallest absolute Gasteiger partial charge is 0.223 e. The molecule has 0 spiro atoms. The first-order chi connectivity index (χ1) is 11.2. The Balaban J connectivity index is 1.76. The Kier molecular flexibility index (Phi) is 6.67. The fraction of sp³-hybridized carbons (Fsp3) is 0.941. The molecule has 0 radical (unpaired) electrons. The van der Waals surface area contributed by atoms with Crippen LogP contribution in [0.5, 0.6) is 0 Å². The average Bonchev–Trinajstić information content (AvgIpc) is 2.54. The molecule has 140 valence electrons. The first-order valence-electron chi connectivity index (χ1n) is 9.12. The average molecular weight is 361 g/mol. The van der Waals surface area contributed by atoms with Gasteiger partial charge >= 0.3 is 0 Å². The van der Waals surface area contributed by atoms with E-state index < -0.39 is 10.0 Å². The zero-order valence-corrected chi connectivity index (χ0v) is 16.1. The molecule has 0 bridgehead atoms. The number of ether oxygens (including phenoxy) is 1. The summed E-state index contributed by atoms with van der Waals surface area (Å²) in [6, 6.07) is 0. The Morgan fingerprint density at radius 3 is 2.50 bits per heavy atom. The van der Waals surface area contributed by atoms with Crippen LogP contribution in [0.15, 0.2) is 0 Å².